The maximum atomic E-state index is 11.8. The van der Waals surface area contributed by atoms with Gasteiger partial charge in [0, 0.05) is 44.1 Å². The Kier molecular flexibility index (Phi) is 7.89. The van der Waals surface area contributed by atoms with Crippen LogP contribution in [0.3, 0.4) is 0 Å². The number of likely N-dealkylation sites (tertiary alicyclic amines) is 1. The molecule has 0 unspecified atom stereocenters. The van der Waals surface area contributed by atoms with Gasteiger partial charge in [-0.25, -0.2) is 0 Å². The van der Waals surface area contributed by atoms with Crippen molar-refractivity contribution in [2.24, 2.45) is 10.7 Å². The van der Waals surface area contributed by atoms with Crippen molar-refractivity contribution in [3.8, 4) is 0 Å². The van der Waals surface area contributed by atoms with Crippen molar-refractivity contribution in [2.75, 3.05) is 44.2 Å². The summed E-state index contributed by atoms with van der Waals surface area (Å²) in [6.45, 7) is 4.30. The zero-order chi connectivity index (χ0) is 12.8. The van der Waals surface area contributed by atoms with Crippen LogP contribution < -0.4 is 5.73 Å². The highest BCUT2D eigenvalue weighted by Gasteiger charge is 2.17. The number of amides is 1. The van der Waals surface area contributed by atoms with E-state index in [0.29, 0.717) is 18.9 Å². The molecule has 2 N–H and O–H groups in total. The van der Waals surface area contributed by atoms with Gasteiger partial charge in [0.1, 0.15) is 0 Å². The Morgan fingerprint density at radius 3 is 2.37 bits per heavy atom. The quantitative estimate of drug-likeness (QED) is 0.438. The van der Waals surface area contributed by atoms with E-state index in [1.807, 2.05) is 16.7 Å². The van der Waals surface area contributed by atoms with Crippen LogP contribution in [0.15, 0.2) is 4.99 Å². The fourth-order valence-electron chi connectivity index (χ4n) is 2.28. The van der Waals surface area contributed by atoms with E-state index in [1.54, 1.807) is 0 Å². The van der Waals surface area contributed by atoms with Crippen molar-refractivity contribution in [3.63, 3.8) is 0 Å². The summed E-state index contributed by atoms with van der Waals surface area (Å²) in [5, 5.41) is 0. The number of carbonyl (C=O) groups is 1. The van der Waals surface area contributed by atoms with Crippen LogP contribution >= 0.6 is 35.7 Å². The predicted molar refractivity (Wildman–Crippen MR) is 91.2 cm³/mol. The first-order valence-corrected chi connectivity index (χ1v) is 7.83. The number of guanidine groups is 1. The molecule has 110 valence electrons. The van der Waals surface area contributed by atoms with Gasteiger partial charge in [-0.05, 0) is 12.8 Å². The van der Waals surface area contributed by atoms with Crippen LogP contribution in [0.2, 0.25) is 0 Å². The minimum atomic E-state index is 0. The molecule has 19 heavy (non-hydrogen) atoms. The molecule has 0 bridgehead atoms. The number of halogens is 1. The summed E-state index contributed by atoms with van der Waals surface area (Å²) < 4.78 is 0. The Morgan fingerprint density at radius 1 is 1.11 bits per heavy atom. The molecule has 0 spiro atoms. The van der Waals surface area contributed by atoms with Gasteiger partial charge < -0.3 is 15.5 Å². The molecule has 2 saturated heterocycles. The SMILES string of the molecule is I.NC(=NCCC(=O)N1CCCC1)N1CCSCC1. The minimum absolute atomic E-state index is 0. The van der Waals surface area contributed by atoms with Gasteiger partial charge in [-0.1, -0.05) is 0 Å². The standard InChI is InChI=1S/C12H22N4OS.HI/c13-12(16-7-9-18-10-8-16)14-4-3-11(17)15-5-1-2-6-15;/h1-10H2,(H2,13,14);1H. The van der Waals surface area contributed by atoms with E-state index in [0.717, 1.165) is 50.5 Å². The second kappa shape index (κ2) is 8.89. The molecule has 0 aromatic carbocycles. The fourth-order valence-corrected chi connectivity index (χ4v) is 3.19. The molecule has 0 aromatic heterocycles. The molecule has 0 aliphatic carbocycles. The molecule has 2 heterocycles. The first-order valence-electron chi connectivity index (χ1n) is 6.68. The Labute approximate surface area is 136 Å². The number of nitrogens with zero attached hydrogens (tertiary/aromatic N) is 3. The first-order chi connectivity index (χ1) is 8.77. The largest absolute Gasteiger partial charge is 0.370 e. The van der Waals surface area contributed by atoms with Crippen LogP contribution in [0.5, 0.6) is 0 Å². The van der Waals surface area contributed by atoms with Gasteiger partial charge in [0.15, 0.2) is 5.96 Å². The number of nitrogens with two attached hydrogens (primary N) is 1. The summed E-state index contributed by atoms with van der Waals surface area (Å²) in [5.41, 5.74) is 5.93. The van der Waals surface area contributed by atoms with Crippen molar-refractivity contribution in [3.05, 3.63) is 0 Å². The van der Waals surface area contributed by atoms with Gasteiger partial charge in [0.25, 0.3) is 0 Å². The number of aliphatic imine (C=N–C) groups is 1. The third-order valence-corrected chi connectivity index (χ3v) is 4.34. The normalized spacial score (nSPS) is 20.3. The number of hydrogen-bond acceptors (Lipinski definition) is 3. The molecule has 2 aliphatic rings. The average molecular weight is 398 g/mol. The summed E-state index contributed by atoms with van der Waals surface area (Å²) in [6.07, 6.45) is 2.77. The van der Waals surface area contributed by atoms with Gasteiger partial charge in [-0.3, -0.25) is 9.79 Å². The van der Waals surface area contributed by atoms with Gasteiger partial charge in [-0.2, -0.15) is 11.8 Å². The number of rotatable bonds is 3. The van der Waals surface area contributed by atoms with Gasteiger partial charge >= 0.3 is 0 Å². The van der Waals surface area contributed by atoms with Crippen molar-refractivity contribution in [1.82, 2.24) is 9.80 Å². The van der Waals surface area contributed by atoms with E-state index in [9.17, 15) is 4.79 Å². The summed E-state index contributed by atoms with van der Waals surface area (Å²) in [4.78, 5) is 20.2. The van der Waals surface area contributed by atoms with E-state index < -0.39 is 0 Å². The second-order valence-corrected chi connectivity index (χ2v) is 5.90. The fraction of sp³-hybridized carbons (Fsp3) is 0.833. The lowest BCUT2D eigenvalue weighted by atomic mass is 10.4. The number of hydrogen-bond donors (Lipinski definition) is 1. The molecular weight excluding hydrogens is 375 g/mol. The highest BCUT2D eigenvalue weighted by Crippen LogP contribution is 2.10. The molecule has 0 radical (unpaired) electrons. The third kappa shape index (κ3) is 5.37. The Morgan fingerprint density at radius 2 is 1.74 bits per heavy atom. The molecule has 0 atom stereocenters. The topological polar surface area (TPSA) is 61.9 Å². The molecule has 0 aromatic rings. The summed E-state index contributed by atoms with van der Waals surface area (Å²) in [7, 11) is 0. The summed E-state index contributed by atoms with van der Waals surface area (Å²) in [6, 6.07) is 0. The van der Waals surface area contributed by atoms with E-state index in [1.165, 1.54) is 0 Å². The number of carbonyl (C=O) groups excluding carboxylic acids is 1. The minimum Gasteiger partial charge on any atom is -0.370 e. The van der Waals surface area contributed by atoms with Crippen molar-refractivity contribution >= 4 is 47.6 Å². The Hall–Kier alpha value is -0.180. The van der Waals surface area contributed by atoms with Gasteiger partial charge in [0.2, 0.25) is 5.91 Å². The van der Waals surface area contributed by atoms with Crippen molar-refractivity contribution in [1.29, 1.82) is 0 Å². The highest BCUT2D eigenvalue weighted by molar-refractivity contribution is 14.0. The van der Waals surface area contributed by atoms with Crippen LogP contribution in [-0.2, 0) is 4.79 Å². The predicted octanol–water partition coefficient (Wildman–Crippen LogP) is 0.980. The lowest BCUT2D eigenvalue weighted by molar-refractivity contribution is -0.129. The Bertz CT molecular complexity index is 315. The van der Waals surface area contributed by atoms with Crippen LogP contribution in [0, 0.1) is 0 Å². The molecule has 2 fully saturated rings. The van der Waals surface area contributed by atoms with E-state index in [4.69, 9.17) is 5.73 Å². The molecule has 5 nitrogen and oxygen atoms in total. The molecule has 0 saturated carbocycles. The van der Waals surface area contributed by atoms with Crippen LogP contribution in [0.25, 0.3) is 0 Å². The summed E-state index contributed by atoms with van der Waals surface area (Å²) in [5.74, 6) is 3.05. The second-order valence-electron chi connectivity index (χ2n) is 4.68. The van der Waals surface area contributed by atoms with Gasteiger partial charge in [0.05, 0.1) is 6.54 Å². The monoisotopic (exact) mass is 398 g/mol. The molecule has 2 rings (SSSR count). The van der Waals surface area contributed by atoms with Gasteiger partial charge in [-0.15, -0.1) is 24.0 Å². The van der Waals surface area contributed by atoms with E-state index in [-0.39, 0.29) is 29.9 Å². The van der Waals surface area contributed by atoms with E-state index >= 15 is 0 Å². The maximum absolute atomic E-state index is 11.8. The maximum Gasteiger partial charge on any atom is 0.224 e. The van der Waals surface area contributed by atoms with Crippen LogP contribution in [-0.4, -0.2) is 65.9 Å². The molecule has 7 heteroatoms. The zero-order valence-electron chi connectivity index (χ0n) is 11.2. The lowest BCUT2D eigenvalue weighted by Crippen LogP contribution is -2.42. The highest BCUT2D eigenvalue weighted by atomic mass is 127. The Balaban J connectivity index is 0.00000180. The van der Waals surface area contributed by atoms with Crippen molar-refractivity contribution < 1.29 is 4.79 Å². The third-order valence-electron chi connectivity index (χ3n) is 3.39. The van der Waals surface area contributed by atoms with Crippen LogP contribution in [0.4, 0.5) is 0 Å². The smallest absolute Gasteiger partial charge is 0.224 e. The lowest BCUT2D eigenvalue weighted by Gasteiger charge is -2.27. The van der Waals surface area contributed by atoms with Crippen LogP contribution in [0.1, 0.15) is 19.3 Å². The zero-order valence-corrected chi connectivity index (χ0v) is 14.4. The molecule has 1 amide bonds. The number of thioether (sulfide) groups is 1. The average Bonchev–Trinajstić information content (AvgIpc) is 2.93. The summed E-state index contributed by atoms with van der Waals surface area (Å²) >= 11 is 1.95. The van der Waals surface area contributed by atoms with E-state index in [2.05, 4.69) is 9.89 Å². The molecular formula is C12H23IN4OS. The van der Waals surface area contributed by atoms with Crippen molar-refractivity contribution in [2.45, 2.75) is 19.3 Å². The first kappa shape index (κ1) is 16.9. The molecule has 2 aliphatic heterocycles.